The minimum atomic E-state index is -0.508. The molecule has 8 nitrogen and oxygen atoms in total. The number of nitrogens with zero attached hydrogens (tertiary/aromatic N) is 3. The fourth-order valence-electron chi connectivity index (χ4n) is 3.47. The van der Waals surface area contributed by atoms with Gasteiger partial charge in [-0.25, -0.2) is 4.79 Å². The van der Waals surface area contributed by atoms with Gasteiger partial charge in [-0.15, -0.1) is 0 Å². The number of hydrogen-bond acceptors (Lipinski definition) is 6. The Kier molecular flexibility index (Phi) is 4.08. The Labute approximate surface area is 140 Å². The molecule has 1 saturated heterocycles. The molecule has 0 unspecified atom stereocenters. The molecule has 0 N–H and O–H groups in total. The lowest BCUT2D eigenvalue weighted by atomic mass is 9.98. The molecule has 3 rings (SSSR count). The number of carbonyl (C=O) groups is 1. The van der Waals surface area contributed by atoms with Crippen LogP contribution in [0.2, 0.25) is 0 Å². The van der Waals surface area contributed by atoms with Crippen molar-refractivity contribution in [1.82, 2.24) is 0 Å². The number of amides is 1. The number of benzene rings is 1. The first-order chi connectivity index (χ1) is 11.3. The first kappa shape index (κ1) is 16.5. The van der Waals surface area contributed by atoms with Gasteiger partial charge in [0.2, 0.25) is 0 Å². The molecule has 1 aromatic carbocycles. The van der Waals surface area contributed by atoms with E-state index in [1.807, 2.05) is 13.8 Å². The first-order valence-corrected chi connectivity index (χ1v) is 7.87. The number of carbonyl (C=O) groups excluding carboxylic acids is 1. The molecule has 1 aromatic rings. The number of fused-ring (bicyclic) bond motifs is 1. The van der Waals surface area contributed by atoms with Crippen LogP contribution >= 0.6 is 0 Å². The zero-order valence-electron chi connectivity index (χ0n) is 14.1. The second kappa shape index (κ2) is 5.94. The van der Waals surface area contributed by atoms with Crippen LogP contribution in [0, 0.1) is 10.1 Å². The van der Waals surface area contributed by atoms with Gasteiger partial charge in [0, 0.05) is 42.0 Å². The molecule has 0 saturated carbocycles. The highest BCUT2D eigenvalue weighted by molar-refractivity contribution is 5.95. The van der Waals surface area contributed by atoms with Gasteiger partial charge in [-0.2, -0.15) is 0 Å². The lowest BCUT2D eigenvalue weighted by molar-refractivity contribution is -0.384. The van der Waals surface area contributed by atoms with Crippen LogP contribution in [0.1, 0.15) is 19.4 Å². The second-order valence-corrected chi connectivity index (χ2v) is 6.61. The van der Waals surface area contributed by atoms with Gasteiger partial charge >= 0.3 is 6.09 Å². The molecule has 24 heavy (non-hydrogen) atoms. The van der Waals surface area contributed by atoms with Gasteiger partial charge in [-0.05, 0) is 20.3 Å². The third kappa shape index (κ3) is 2.66. The molecular formula is C16H21N3O5. The van der Waals surface area contributed by atoms with E-state index in [-0.39, 0.29) is 5.69 Å². The number of anilines is 2. The van der Waals surface area contributed by atoms with Crippen LogP contribution in [-0.4, -0.2) is 50.0 Å². The Balaban J connectivity index is 2.15. The fourth-order valence-corrected chi connectivity index (χ4v) is 3.47. The highest BCUT2D eigenvalue weighted by atomic mass is 16.6. The first-order valence-electron chi connectivity index (χ1n) is 7.87. The number of hydrogen-bond donors (Lipinski definition) is 0. The maximum Gasteiger partial charge on any atom is 0.414 e. The zero-order valence-corrected chi connectivity index (χ0v) is 14.1. The monoisotopic (exact) mass is 335 g/mol. The van der Waals surface area contributed by atoms with Crippen LogP contribution in [0.5, 0.6) is 0 Å². The number of methoxy groups -OCH3 is 1. The van der Waals surface area contributed by atoms with Gasteiger partial charge in [-0.3, -0.25) is 15.0 Å². The summed E-state index contributed by atoms with van der Waals surface area (Å²) >= 11 is 0. The van der Waals surface area contributed by atoms with Crippen LogP contribution in [0.3, 0.4) is 0 Å². The van der Waals surface area contributed by atoms with Crippen molar-refractivity contribution in [1.29, 1.82) is 0 Å². The van der Waals surface area contributed by atoms with Crippen molar-refractivity contribution in [2.24, 2.45) is 0 Å². The summed E-state index contributed by atoms with van der Waals surface area (Å²) in [5.41, 5.74) is 1.77. The fraction of sp³-hybridized carbons (Fsp3) is 0.562. The summed E-state index contributed by atoms with van der Waals surface area (Å²) in [5.74, 6) is 0. The summed E-state index contributed by atoms with van der Waals surface area (Å²) in [5, 5.41) is 11.4. The maximum absolute atomic E-state index is 12.3. The molecule has 1 fully saturated rings. The molecule has 130 valence electrons. The minimum Gasteiger partial charge on any atom is -0.452 e. The largest absolute Gasteiger partial charge is 0.452 e. The molecule has 8 heteroatoms. The van der Waals surface area contributed by atoms with Gasteiger partial charge < -0.3 is 14.4 Å². The third-order valence-corrected chi connectivity index (χ3v) is 4.56. The summed E-state index contributed by atoms with van der Waals surface area (Å²) in [4.78, 5) is 26.8. The molecule has 0 spiro atoms. The average molecular weight is 335 g/mol. The number of morpholine rings is 1. The Bertz CT molecular complexity index is 683. The smallest absolute Gasteiger partial charge is 0.414 e. The summed E-state index contributed by atoms with van der Waals surface area (Å²) in [6, 6.07) is 3.06. The lowest BCUT2D eigenvalue weighted by Crippen LogP contribution is -2.45. The van der Waals surface area contributed by atoms with Gasteiger partial charge in [0.25, 0.3) is 5.69 Å². The molecule has 2 heterocycles. The second-order valence-electron chi connectivity index (χ2n) is 6.61. The van der Waals surface area contributed by atoms with Crippen molar-refractivity contribution in [3.8, 4) is 0 Å². The zero-order chi connectivity index (χ0) is 17.5. The van der Waals surface area contributed by atoms with Crippen molar-refractivity contribution in [2.75, 3.05) is 43.2 Å². The highest BCUT2D eigenvalue weighted by Gasteiger charge is 2.43. The summed E-state index contributed by atoms with van der Waals surface area (Å²) in [6.07, 6.45) is 0.106. The molecule has 0 radical (unpaired) electrons. The molecular weight excluding hydrogens is 314 g/mol. The van der Waals surface area contributed by atoms with Crippen LogP contribution < -0.4 is 9.80 Å². The van der Waals surface area contributed by atoms with Gasteiger partial charge in [0.1, 0.15) is 0 Å². The molecule has 0 aliphatic carbocycles. The minimum absolute atomic E-state index is 0.0261. The third-order valence-electron chi connectivity index (χ3n) is 4.56. The van der Waals surface area contributed by atoms with E-state index in [1.54, 1.807) is 6.07 Å². The van der Waals surface area contributed by atoms with Crippen LogP contribution in [-0.2, 0) is 15.9 Å². The quantitative estimate of drug-likeness (QED) is 0.609. The Morgan fingerprint density at radius 1 is 1.29 bits per heavy atom. The van der Waals surface area contributed by atoms with Crippen LogP contribution in [0.4, 0.5) is 21.9 Å². The van der Waals surface area contributed by atoms with E-state index in [0.29, 0.717) is 38.4 Å². The van der Waals surface area contributed by atoms with E-state index < -0.39 is 16.6 Å². The van der Waals surface area contributed by atoms with E-state index in [9.17, 15) is 14.9 Å². The van der Waals surface area contributed by atoms with Crippen molar-refractivity contribution in [2.45, 2.75) is 25.8 Å². The number of ether oxygens (including phenoxy) is 2. The topological polar surface area (TPSA) is 85.1 Å². The molecule has 0 aromatic heterocycles. The molecule has 0 atom stereocenters. The predicted octanol–water partition coefficient (Wildman–Crippen LogP) is 2.34. The molecule has 2 aliphatic rings. The summed E-state index contributed by atoms with van der Waals surface area (Å²) in [7, 11) is 1.32. The Hall–Kier alpha value is -2.35. The number of nitro groups is 1. The number of non-ortho nitro benzene ring substituents is 1. The van der Waals surface area contributed by atoms with Gasteiger partial charge in [0.05, 0.1) is 30.9 Å². The number of rotatable bonds is 2. The van der Waals surface area contributed by atoms with E-state index in [4.69, 9.17) is 9.47 Å². The summed E-state index contributed by atoms with van der Waals surface area (Å²) in [6.45, 7) is 6.37. The average Bonchev–Trinajstić information content (AvgIpc) is 2.83. The molecule has 0 bridgehead atoms. The van der Waals surface area contributed by atoms with Crippen molar-refractivity contribution < 1.29 is 19.2 Å². The molecule has 1 amide bonds. The SMILES string of the molecule is COC(=O)N1c2cc([N+](=O)[O-])cc(N3CCOCC3)c2CC1(C)C. The van der Waals surface area contributed by atoms with E-state index >= 15 is 0 Å². The van der Waals surface area contributed by atoms with Crippen molar-refractivity contribution in [3.63, 3.8) is 0 Å². The normalized spacial score (nSPS) is 19.1. The van der Waals surface area contributed by atoms with E-state index in [2.05, 4.69) is 4.90 Å². The van der Waals surface area contributed by atoms with E-state index in [1.165, 1.54) is 18.1 Å². The standard InChI is InChI=1S/C16H21N3O5/c1-16(2)10-12-13(17-4-6-24-7-5-17)8-11(19(21)22)9-14(12)18(16)15(20)23-3/h8-9H,4-7,10H2,1-3H3. The number of nitro benzene ring substituents is 1. The Morgan fingerprint density at radius 3 is 2.50 bits per heavy atom. The maximum atomic E-state index is 12.3. The van der Waals surface area contributed by atoms with Crippen molar-refractivity contribution >= 4 is 23.2 Å². The van der Waals surface area contributed by atoms with Crippen molar-refractivity contribution in [3.05, 3.63) is 27.8 Å². The predicted molar refractivity (Wildman–Crippen MR) is 88.8 cm³/mol. The van der Waals surface area contributed by atoms with Crippen LogP contribution in [0.25, 0.3) is 0 Å². The lowest BCUT2D eigenvalue weighted by Gasteiger charge is -2.30. The highest BCUT2D eigenvalue weighted by Crippen LogP contribution is 2.46. The van der Waals surface area contributed by atoms with Gasteiger partial charge in [-0.1, -0.05) is 0 Å². The van der Waals surface area contributed by atoms with Gasteiger partial charge in [0.15, 0.2) is 0 Å². The van der Waals surface area contributed by atoms with Crippen LogP contribution in [0.15, 0.2) is 12.1 Å². The Morgan fingerprint density at radius 2 is 1.92 bits per heavy atom. The van der Waals surface area contributed by atoms with E-state index in [0.717, 1.165) is 11.3 Å². The summed E-state index contributed by atoms with van der Waals surface area (Å²) < 4.78 is 10.3. The molecule has 2 aliphatic heterocycles.